The van der Waals surface area contributed by atoms with Gasteiger partial charge in [-0.25, -0.2) is 9.18 Å². The quantitative estimate of drug-likeness (QED) is 0.798. The van der Waals surface area contributed by atoms with Gasteiger partial charge in [0.2, 0.25) is 0 Å². The molecule has 1 fully saturated rings. The van der Waals surface area contributed by atoms with Crippen molar-refractivity contribution in [3.8, 4) is 6.07 Å². The lowest BCUT2D eigenvalue weighted by atomic mass is 10.1. The Kier molecular flexibility index (Phi) is 4.79. The Bertz CT molecular complexity index is 634. The fourth-order valence-corrected chi connectivity index (χ4v) is 2.60. The molecular formula is C17H22FN3O2. The van der Waals surface area contributed by atoms with Crippen molar-refractivity contribution in [3.63, 3.8) is 0 Å². The van der Waals surface area contributed by atoms with Crippen LogP contribution in [0.15, 0.2) is 18.2 Å². The number of rotatable bonds is 1. The van der Waals surface area contributed by atoms with E-state index in [1.54, 1.807) is 17.0 Å². The summed E-state index contributed by atoms with van der Waals surface area (Å²) >= 11 is 0. The number of anilines is 1. The largest absolute Gasteiger partial charge is 0.444 e. The molecule has 1 amide bonds. The topological polar surface area (TPSA) is 56.6 Å². The van der Waals surface area contributed by atoms with E-state index in [1.165, 1.54) is 6.07 Å². The molecular weight excluding hydrogens is 297 g/mol. The lowest BCUT2D eigenvalue weighted by Crippen LogP contribution is -2.55. The molecule has 1 aliphatic rings. The number of carbonyl (C=O) groups is 1. The smallest absolute Gasteiger partial charge is 0.410 e. The predicted octanol–water partition coefficient (Wildman–Crippen LogP) is 3.14. The van der Waals surface area contributed by atoms with E-state index >= 15 is 0 Å². The summed E-state index contributed by atoms with van der Waals surface area (Å²) in [5, 5.41) is 8.81. The first-order chi connectivity index (χ1) is 10.7. The van der Waals surface area contributed by atoms with Gasteiger partial charge in [0.25, 0.3) is 0 Å². The Hall–Kier alpha value is -2.29. The van der Waals surface area contributed by atoms with Crippen molar-refractivity contribution in [2.24, 2.45) is 0 Å². The maximum absolute atomic E-state index is 14.1. The normalized spacial score (nSPS) is 18.5. The maximum atomic E-state index is 14.1. The van der Waals surface area contributed by atoms with Gasteiger partial charge in [0.1, 0.15) is 11.4 Å². The molecule has 0 spiro atoms. The molecule has 0 aliphatic carbocycles. The zero-order valence-electron chi connectivity index (χ0n) is 14.0. The third kappa shape index (κ3) is 4.13. The highest BCUT2D eigenvalue weighted by atomic mass is 19.1. The summed E-state index contributed by atoms with van der Waals surface area (Å²) in [4.78, 5) is 15.8. The molecule has 0 radical (unpaired) electrons. The van der Waals surface area contributed by atoms with Crippen LogP contribution in [0.4, 0.5) is 14.9 Å². The first-order valence-electron chi connectivity index (χ1n) is 7.65. The van der Waals surface area contributed by atoms with Crippen LogP contribution in [0.5, 0.6) is 0 Å². The van der Waals surface area contributed by atoms with Crippen molar-refractivity contribution in [2.75, 3.05) is 24.5 Å². The third-order valence-corrected chi connectivity index (χ3v) is 3.67. The first kappa shape index (κ1) is 17.1. The fourth-order valence-electron chi connectivity index (χ4n) is 2.60. The number of carbonyl (C=O) groups excluding carboxylic acids is 1. The summed E-state index contributed by atoms with van der Waals surface area (Å²) in [6.07, 6.45) is -0.343. The van der Waals surface area contributed by atoms with Crippen LogP contribution in [0.25, 0.3) is 0 Å². The van der Waals surface area contributed by atoms with Gasteiger partial charge >= 0.3 is 6.09 Å². The standard InChI is InChI=1S/C17H22FN3O2/c1-12-11-20(15-6-5-13(10-19)9-14(15)18)7-8-21(12)16(22)23-17(2,3)4/h5-6,9,12H,7-8,11H2,1-4H3/t12-/m1/s1. The molecule has 23 heavy (non-hydrogen) atoms. The fraction of sp³-hybridized carbons (Fsp3) is 0.529. The first-order valence-corrected chi connectivity index (χ1v) is 7.65. The molecule has 0 unspecified atom stereocenters. The Balaban J connectivity index is 2.07. The van der Waals surface area contributed by atoms with E-state index in [0.717, 1.165) is 0 Å². The summed E-state index contributed by atoms with van der Waals surface area (Å²) in [5.74, 6) is -0.415. The number of amides is 1. The summed E-state index contributed by atoms with van der Waals surface area (Å²) in [6.45, 7) is 8.91. The SMILES string of the molecule is C[C@@H]1CN(c2ccc(C#N)cc2F)CCN1C(=O)OC(C)(C)C. The molecule has 2 rings (SSSR count). The molecule has 1 heterocycles. The zero-order chi connectivity index (χ0) is 17.2. The van der Waals surface area contributed by atoms with Gasteiger partial charge in [-0.1, -0.05) is 0 Å². The van der Waals surface area contributed by atoms with Gasteiger partial charge in [-0.05, 0) is 45.9 Å². The van der Waals surface area contributed by atoms with E-state index in [1.807, 2.05) is 38.7 Å². The van der Waals surface area contributed by atoms with E-state index in [0.29, 0.717) is 30.9 Å². The van der Waals surface area contributed by atoms with Crippen LogP contribution in [0.3, 0.4) is 0 Å². The van der Waals surface area contributed by atoms with Crippen molar-refractivity contribution in [1.29, 1.82) is 5.26 Å². The summed E-state index contributed by atoms with van der Waals surface area (Å²) in [7, 11) is 0. The van der Waals surface area contributed by atoms with E-state index in [4.69, 9.17) is 10.00 Å². The number of nitriles is 1. The number of halogens is 1. The lowest BCUT2D eigenvalue weighted by molar-refractivity contribution is 0.0159. The average molecular weight is 319 g/mol. The van der Waals surface area contributed by atoms with E-state index in [-0.39, 0.29) is 12.1 Å². The molecule has 5 nitrogen and oxygen atoms in total. The minimum absolute atomic E-state index is 0.0892. The minimum Gasteiger partial charge on any atom is -0.444 e. The van der Waals surface area contributed by atoms with Crippen molar-refractivity contribution >= 4 is 11.8 Å². The van der Waals surface area contributed by atoms with Gasteiger partial charge < -0.3 is 14.5 Å². The maximum Gasteiger partial charge on any atom is 0.410 e. The molecule has 1 aromatic rings. The molecule has 124 valence electrons. The molecule has 0 N–H and O–H groups in total. The summed E-state index contributed by atoms with van der Waals surface area (Å²) in [6, 6.07) is 6.28. The second-order valence-corrected chi connectivity index (χ2v) is 6.75. The van der Waals surface area contributed by atoms with Crippen molar-refractivity contribution in [2.45, 2.75) is 39.3 Å². The third-order valence-electron chi connectivity index (χ3n) is 3.67. The molecule has 1 aromatic carbocycles. The van der Waals surface area contributed by atoms with Crippen LogP contribution in [0.1, 0.15) is 33.3 Å². The number of hydrogen-bond acceptors (Lipinski definition) is 4. The highest BCUT2D eigenvalue weighted by molar-refractivity contribution is 5.69. The number of nitrogens with zero attached hydrogens (tertiary/aromatic N) is 3. The van der Waals surface area contributed by atoms with Gasteiger partial charge in [0.15, 0.2) is 0 Å². The number of ether oxygens (including phenoxy) is 1. The Morgan fingerprint density at radius 1 is 1.39 bits per heavy atom. The zero-order valence-corrected chi connectivity index (χ0v) is 14.0. The van der Waals surface area contributed by atoms with Crippen molar-refractivity contribution in [1.82, 2.24) is 4.90 Å². The van der Waals surface area contributed by atoms with E-state index in [9.17, 15) is 9.18 Å². The molecule has 0 aromatic heterocycles. The minimum atomic E-state index is -0.535. The van der Waals surface area contributed by atoms with Gasteiger partial charge in [0, 0.05) is 25.7 Å². The van der Waals surface area contributed by atoms with Crippen LogP contribution in [0.2, 0.25) is 0 Å². The van der Waals surface area contributed by atoms with Crippen LogP contribution in [-0.2, 0) is 4.74 Å². The molecule has 0 bridgehead atoms. The molecule has 6 heteroatoms. The Labute approximate surface area is 136 Å². The Morgan fingerprint density at radius 2 is 2.09 bits per heavy atom. The van der Waals surface area contributed by atoms with Gasteiger partial charge in [0.05, 0.1) is 17.3 Å². The van der Waals surface area contributed by atoms with E-state index in [2.05, 4.69) is 0 Å². The number of piperazine rings is 1. The lowest BCUT2D eigenvalue weighted by Gasteiger charge is -2.41. The molecule has 0 saturated carbocycles. The predicted molar refractivity (Wildman–Crippen MR) is 85.7 cm³/mol. The summed E-state index contributed by atoms with van der Waals surface area (Å²) in [5.41, 5.74) is 0.221. The highest BCUT2D eigenvalue weighted by Gasteiger charge is 2.31. The van der Waals surface area contributed by atoms with Crippen LogP contribution in [0, 0.1) is 17.1 Å². The van der Waals surface area contributed by atoms with Crippen molar-refractivity contribution < 1.29 is 13.9 Å². The van der Waals surface area contributed by atoms with Gasteiger partial charge in [-0.15, -0.1) is 0 Å². The van der Waals surface area contributed by atoms with Gasteiger partial charge in [-0.3, -0.25) is 0 Å². The Morgan fingerprint density at radius 3 is 2.61 bits per heavy atom. The molecule has 1 aliphatic heterocycles. The summed E-state index contributed by atoms with van der Waals surface area (Å²) < 4.78 is 19.5. The van der Waals surface area contributed by atoms with E-state index < -0.39 is 11.4 Å². The average Bonchev–Trinajstić information content (AvgIpc) is 2.44. The van der Waals surface area contributed by atoms with Gasteiger partial charge in [-0.2, -0.15) is 5.26 Å². The second kappa shape index (κ2) is 6.45. The number of benzene rings is 1. The van der Waals surface area contributed by atoms with Crippen LogP contribution in [-0.4, -0.2) is 42.3 Å². The highest BCUT2D eigenvalue weighted by Crippen LogP contribution is 2.24. The van der Waals surface area contributed by atoms with Crippen LogP contribution < -0.4 is 4.90 Å². The second-order valence-electron chi connectivity index (χ2n) is 6.75. The van der Waals surface area contributed by atoms with Crippen molar-refractivity contribution in [3.05, 3.63) is 29.6 Å². The van der Waals surface area contributed by atoms with Crippen LogP contribution >= 0.6 is 0 Å². The number of hydrogen-bond donors (Lipinski definition) is 0. The monoisotopic (exact) mass is 319 g/mol. The molecule has 1 saturated heterocycles. The molecule has 1 atom stereocenters.